The number of amides is 4. The molecular formula is C54H91N5O20. The zero-order valence-electron chi connectivity index (χ0n) is 47.9. The standard InChI is InChI=1S/C54H91N5O20/c1-23(2)31(50(72)58-42(26(7)8)39(65)18-32(24(3)4)49(71)57-30(12)52(74)75)17-36(62)29(11)56-48(70)27(9)16-38(64)35-14-13-15-59(35)51(73)33(25(5)6)19-37(63)34(55)22-76-53-28(10)47(44(67)41(21-61)77-53)79-54-46(69)45(68)43(66)40(20-60)78-54/h23-35,40-47,53-54,60-61,66-69H,13-22,55H2,1-12H3,(H,56,70)(H,57,71)(H,58,72)(H,74,75)/t27?,28?,29-,30-,31?,32?,33?,34-,35-,40?,41?,42-,43-,44-,45-,46?,47+,53-,54-/m0/s1. The van der Waals surface area contributed by atoms with Crippen LogP contribution in [-0.2, 0) is 62.1 Å². The van der Waals surface area contributed by atoms with Crippen molar-refractivity contribution >= 4 is 52.7 Å². The van der Waals surface area contributed by atoms with Crippen LogP contribution in [0.5, 0.6) is 0 Å². The number of carbonyl (C=O) groups excluding carboxylic acids is 9. The Labute approximate surface area is 462 Å². The minimum Gasteiger partial charge on any atom is -0.548 e. The molecule has 0 radical (unpaired) electrons. The summed E-state index contributed by atoms with van der Waals surface area (Å²) in [5.74, 6) is -11.5. The summed E-state index contributed by atoms with van der Waals surface area (Å²) in [7, 11) is 0. The van der Waals surface area contributed by atoms with Crippen molar-refractivity contribution < 1.29 is 104 Å². The molecule has 3 heterocycles. The van der Waals surface area contributed by atoms with Gasteiger partial charge in [0, 0.05) is 61.8 Å². The minimum absolute atomic E-state index is 0.231. The number of likely N-dealkylation sites (tertiary alicyclic amines) is 1. The predicted molar refractivity (Wildman–Crippen MR) is 277 cm³/mol. The number of ketones is 4. The second kappa shape index (κ2) is 31.1. The summed E-state index contributed by atoms with van der Waals surface area (Å²) in [6.07, 6.45) is -13.6. The molecule has 0 aromatic rings. The van der Waals surface area contributed by atoms with Crippen molar-refractivity contribution in [2.24, 2.45) is 53.3 Å². The summed E-state index contributed by atoms with van der Waals surface area (Å²) in [6.45, 7) is 18.1. The number of carboxylic acid groups (broad SMARTS) is 1. The smallest absolute Gasteiger partial charge is 0.227 e. The lowest BCUT2D eigenvalue weighted by molar-refractivity contribution is -0.419. The minimum atomic E-state index is -1.78. The molecule has 4 amide bonds. The molecule has 452 valence electrons. The first kappa shape index (κ1) is 68.9. The van der Waals surface area contributed by atoms with Crippen molar-refractivity contribution in [2.45, 2.75) is 207 Å². The molecule has 0 aromatic heterocycles. The normalized spacial score (nSPS) is 28.5. The Kier molecular flexibility index (Phi) is 27.1. The van der Waals surface area contributed by atoms with E-state index >= 15 is 0 Å². The third-order valence-electron chi connectivity index (χ3n) is 15.6. The number of carboxylic acids is 1. The summed E-state index contributed by atoms with van der Waals surface area (Å²) in [4.78, 5) is 122. The van der Waals surface area contributed by atoms with Gasteiger partial charge in [0.2, 0.25) is 23.6 Å². The molecule has 3 rings (SSSR count). The molecule has 25 heteroatoms. The fourth-order valence-electron chi connectivity index (χ4n) is 10.0. The van der Waals surface area contributed by atoms with Crippen LogP contribution in [0.2, 0.25) is 0 Å². The monoisotopic (exact) mass is 1130 g/mol. The number of nitrogens with one attached hydrogen (secondary N) is 3. The maximum atomic E-state index is 14.2. The number of aliphatic hydroxyl groups excluding tert-OH is 6. The van der Waals surface area contributed by atoms with Gasteiger partial charge in [0.1, 0.15) is 43.2 Å². The molecule has 79 heavy (non-hydrogen) atoms. The highest BCUT2D eigenvalue weighted by Gasteiger charge is 2.51. The Morgan fingerprint density at radius 2 is 1.13 bits per heavy atom. The third kappa shape index (κ3) is 18.6. The average molecular weight is 1130 g/mol. The number of aliphatic hydroxyl groups is 6. The van der Waals surface area contributed by atoms with E-state index in [9.17, 15) is 78.9 Å². The fourth-order valence-corrected chi connectivity index (χ4v) is 10.0. The van der Waals surface area contributed by atoms with Gasteiger partial charge in [-0.2, -0.15) is 0 Å². The highest BCUT2D eigenvalue weighted by molar-refractivity contribution is 5.98. The molecule has 0 bridgehead atoms. The van der Waals surface area contributed by atoms with E-state index < -0.39 is 181 Å². The molecule has 0 aromatic carbocycles. The number of hydrogen-bond acceptors (Lipinski definition) is 20. The van der Waals surface area contributed by atoms with Crippen LogP contribution >= 0.6 is 0 Å². The van der Waals surface area contributed by atoms with Crippen LogP contribution < -0.4 is 26.8 Å². The lowest BCUT2D eigenvalue weighted by Crippen LogP contribution is -2.68. The summed E-state index contributed by atoms with van der Waals surface area (Å²) >= 11 is 0. The van der Waals surface area contributed by atoms with Crippen LogP contribution in [0, 0.1) is 53.3 Å². The van der Waals surface area contributed by atoms with E-state index in [4.69, 9.17) is 18.9 Å². The number of nitrogens with zero attached hydrogens (tertiary/aromatic N) is 1. The summed E-state index contributed by atoms with van der Waals surface area (Å²) < 4.78 is 23.0. The van der Waals surface area contributed by atoms with Crippen LogP contribution in [0.4, 0.5) is 0 Å². The van der Waals surface area contributed by atoms with Crippen molar-refractivity contribution in [1.29, 1.82) is 0 Å². The van der Waals surface area contributed by atoms with Gasteiger partial charge in [-0.25, -0.2) is 0 Å². The maximum Gasteiger partial charge on any atom is 0.227 e. The lowest BCUT2D eigenvalue weighted by Gasteiger charge is -2.46. The number of quaternary nitrogens is 1. The van der Waals surface area contributed by atoms with E-state index in [0.717, 1.165) is 0 Å². The van der Waals surface area contributed by atoms with Gasteiger partial charge in [0.15, 0.2) is 41.8 Å². The maximum absolute atomic E-state index is 14.2. The van der Waals surface area contributed by atoms with E-state index in [0.29, 0.717) is 12.8 Å². The van der Waals surface area contributed by atoms with Crippen molar-refractivity contribution in [1.82, 2.24) is 20.9 Å². The van der Waals surface area contributed by atoms with Crippen molar-refractivity contribution in [3.63, 3.8) is 0 Å². The summed E-state index contributed by atoms with van der Waals surface area (Å²) in [5, 5.41) is 80.6. The van der Waals surface area contributed by atoms with Gasteiger partial charge in [-0.3, -0.25) is 38.4 Å². The Balaban J connectivity index is 1.60. The van der Waals surface area contributed by atoms with Gasteiger partial charge in [-0.15, -0.1) is 0 Å². The Hall–Kier alpha value is -4.41. The Morgan fingerprint density at radius 1 is 0.620 bits per heavy atom. The molecule has 0 spiro atoms. The highest BCUT2D eigenvalue weighted by atomic mass is 16.7. The summed E-state index contributed by atoms with van der Waals surface area (Å²) in [6, 6.07) is -5.33. The topological polar surface area (TPSA) is 402 Å². The number of aliphatic carboxylic acids is 1. The van der Waals surface area contributed by atoms with E-state index in [1.807, 2.05) is 0 Å². The highest BCUT2D eigenvalue weighted by Crippen LogP contribution is 2.34. The lowest BCUT2D eigenvalue weighted by atomic mass is 9.84. The average Bonchev–Trinajstić information content (AvgIpc) is 3.89. The number of carbonyl (C=O) groups is 9. The van der Waals surface area contributed by atoms with Gasteiger partial charge in [-0.05, 0) is 50.4 Å². The fraction of sp³-hybridized carbons (Fsp3) is 0.833. The number of ether oxygens (including phenoxy) is 4. The van der Waals surface area contributed by atoms with Gasteiger partial charge in [0.25, 0.3) is 0 Å². The Bertz CT molecular complexity index is 2090. The van der Waals surface area contributed by atoms with Crippen LogP contribution in [0.15, 0.2) is 0 Å². The predicted octanol–water partition coefficient (Wildman–Crippen LogP) is -3.31. The third-order valence-corrected chi connectivity index (χ3v) is 15.6. The van der Waals surface area contributed by atoms with E-state index in [1.165, 1.54) is 25.7 Å². The van der Waals surface area contributed by atoms with Crippen molar-refractivity contribution in [2.75, 3.05) is 26.4 Å². The molecule has 3 aliphatic rings. The number of hydrogen-bond donors (Lipinski definition) is 10. The van der Waals surface area contributed by atoms with Crippen molar-refractivity contribution in [3.05, 3.63) is 0 Å². The molecule has 8 unspecified atom stereocenters. The second-order valence-corrected chi connectivity index (χ2v) is 23.2. The molecule has 3 fully saturated rings. The zero-order valence-corrected chi connectivity index (χ0v) is 47.9. The molecular weight excluding hydrogens is 1040 g/mol. The van der Waals surface area contributed by atoms with Crippen LogP contribution in [-0.4, -0.2) is 200 Å². The SMILES string of the molecule is CC(CC(=O)[C@@H]1CCCN1C(=O)C(CC(=O)[C@@H]([NH3+])CO[C@H]1OC(CO)[C@H](O)[C@H](O[C@@H]2OC(CO)[C@H](O)[C@H](O)C2O)C1C)C(C)C)C(=O)N[C@@H](C)C(=O)CC(C(=O)N[C@H](C(=O)CC(C(=O)N[C@@H](C)C(=O)[O-])C(C)C)C(C)C)C(C)C. The van der Waals surface area contributed by atoms with E-state index in [1.54, 1.807) is 62.3 Å². The molecule has 0 aliphatic carbocycles. The molecule has 12 N–H and O–H groups in total. The van der Waals surface area contributed by atoms with Gasteiger partial charge in [-0.1, -0.05) is 69.2 Å². The van der Waals surface area contributed by atoms with E-state index in [-0.39, 0.29) is 62.4 Å². The first-order chi connectivity index (χ1) is 36.8. The van der Waals surface area contributed by atoms with Gasteiger partial charge < -0.3 is 86.1 Å². The van der Waals surface area contributed by atoms with Crippen LogP contribution in [0.3, 0.4) is 0 Å². The van der Waals surface area contributed by atoms with Crippen LogP contribution in [0.1, 0.15) is 122 Å². The van der Waals surface area contributed by atoms with Gasteiger partial charge >= 0.3 is 0 Å². The first-order valence-electron chi connectivity index (χ1n) is 27.7. The molecule has 19 atom stereocenters. The summed E-state index contributed by atoms with van der Waals surface area (Å²) in [5.41, 5.74) is 3.95. The van der Waals surface area contributed by atoms with Gasteiger partial charge in [0.05, 0.1) is 49.5 Å². The van der Waals surface area contributed by atoms with Crippen molar-refractivity contribution in [3.8, 4) is 0 Å². The second-order valence-electron chi connectivity index (χ2n) is 23.2. The largest absolute Gasteiger partial charge is 0.548 e. The molecule has 3 saturated heterocycles. The number of rotatable bonds is 31. The van der Waals surface area contributed by atoms with Crippen LogP contribution in [0.25, 0.3) is 0 Å². The Morgan fingerprint density at radius 3 is 1.66 bits per heavy atom. The molecule has 3 aliphatic heterocycles. The zero-order chi connectivity index (χ0) is 60.1. The molecule has 0 saturated carbocycles. The van der Waals surface area contributed by atoms with E-state index in [2.05, 4.69) is 21.7 Å². The number of Topliss-reactive ketones (excluding diaryl/α,β-unsaturated/α-hetero) is 4. The molecule has 25 nitrogen and oxygen atoms in total. The first-order valence-corrected chi connectivity index (χ1v) is 27.7. The quantitative estimate of drug-likeness (QED) is 0.0325.